The van der Waals surface area contributed by atoms with E-state index in [4.69, 9.17) is 0 Å². The molecule has 1 aromatic heterocycles. The fourth-order valence-electron chi connectivity index (χ4n) is 2.68. The number of aldehydes is 1. The van der Waals surface area contributed by atoms with Crippen molar-refractivity contribution in [1.29, 1.82) is 0 Å². The number of hydrogen-bond acceptors (Lipinski definition) is 4. The number of aromatic nitrogens is 1. The van der Waals surface area contributed by atoms with E-state index in [2.05, 4.69) is 11.1 Å². The van der Waals surface area contributed by atoms with Gasteiger partial charge in [-0.05, 0) is 30.6 Å². The monoisotopic (exact) mass is 303 g/mol. The summed E-state index contributed by atoms with van der Waals surface area (Å²) in [6.45, 7) is 0.134. The van der Waals surface area contributed by atoms with Crippen LogP contribution >= 0.6 is 11.9 Å². The number of carbonyl (C=O) groups is 2. The Morgan fingerprint density at radius 3 is 3.05 bits per heavy atom. The summed E-state index contributed by atoms with van der Waals surface area (Å²) in [6.07, 6.45) is 1.41. The first kappa shape index (κ1) is 14.2. The van der Waals surface area contributed by atoms with Crippen LogP contribution in [0.4, 0.5) is 0 Å². The van der Waals surface area contributed by atoms with Crippen molar-refractivity contribution < 1.29 is 9.59 Å². The molecule has 0 fully saturated rings. The lowest BCUT2D eigenvalue weighted by Crippen LogP contribution is -2.46. The highest BCUT2D eigenvalue weighted by molar-refractivity contribution is 7.97. The van der Waals surface area contributed by atoms with Crippen LogP contribution < -0.4 is 0 Å². The van der Waals surface area contributed by atoms with Crippen molar-refractivity contribution in [3.8, 4) is 0 Å². The van der Waals surface area contributed by atoms with E-state index in [1.54, 1.807) is 19.0 Å². The zero-order chi connectivity index (χ0) is 15.0. The zero-order valence-corrected chi connectivity index (χ0v) is 12.8. The molecule has 0 radical (unpaired) electrons. The van der Waals surface area contributed by atoms with E-state index in [0.29, 0.717) is 6.42 Å². The van der Waals surface area contributed by atoms with Crippen molar-refractivity contribution >= 4 is 35.0 Å². The van der Waals surface area contributed by atoms with Gasteiger partial charge in [-0.25, -0.2) is 4.31 Å². The number of rotatable bonds is 3. The third-order valence-corrected chi connectivity index (χ3v) is 4.93. The van der Waals surface area contributed by atoms with Crippen LogP contribution in [0.3, 0.4) is 0 Å². The zero-order valence-electron chi connectivity index (χ0n) is 12.0. The predicted molar refractivity (Wildman–Crippen MR) is 83.1 cm³/mol. The molecule has 1 aromatic carbocycles. The number of fused-ring (bicyclic) bond motifs is 3. The van der Waals surface area contributed by atoms with E-state index < -0.39 is 0 Å². The molecule has 1 aliphatic heterocycles. The maximum atomic E-state index is 12.5. The van der Waals surface area contributed by atoms with E-state index in [0.717, 1.165) is 16.8 Å². The molecule has 3 rings (SSSR count). The highest BCUT2D eigenvalue weighted by atomic mass is 32.2. The largest absolute Gasteiger partial charge is 0.348 e. The van der Waals surface area contributed by atoms with Gasteiger partial charge in [0.1, 0.15) is 12.3 Å². The van der Waals surface area contributed by atoms with Crippen LogP contribution in [0.15, 0.2) is 29.3 Å². The van der Waals surface area contributed by atoms with Crippen molar-refractivity contribution in [3.63, 3.8) is 0 Å². The third-order valence-electron chi connectivity index (χ3n) is 3.86. The number of carbonyl (C=O) groups excluding carboxylic acids is 2. The number of aromatic amines is 1. The first-order valence-electron chi connectivity index (χ1n) is 6.81. The molecular formula is C15H17N3O2S. The van der Waals surface area contributed by atoms with E-state index in [9.17, 15) is 9.59 Å². The molecule has 1 unspecified atom stereocenters. The third kappa shape index (κ3) is 2.45. The molecule has 0 saturated carbocycles. The first-order valence-corrected chi connectivity index (χ1v) is 7.58. The van der Waals surface area contributed by atoms with Crippen molar-refractivity contribution in [3.05, 3.63) is 29.8 Å². The van der Waals surface area contributed by atoms with E-state index >= 15 is 0 Å². The molecule has 6 heteroatoms. The number of hydrogen-bond donors (Lipinski definition) is 1. The Morgan fingerprint density at radius 2 is 2.29 bits per heavy atom. The van der Waals surface area contributed by atoms with Gasteiger partial charge in [0.2, 0.25) is 5.91 Å². The molecule has 0 aliphatic carbocycles. The normalized spacial score (nSPS) is 18.5. The quantitative estimate of drug-likeness (QED) is 0.692. The summed E-state index contributed by atoms with van der Waals surface area (Å²) < 4.78 is 1.96. The Kier molecular flexibility index (Phi) is 3.73. The summed E-state index contributed by atoms with van der Waals surface area (Å²) in [6, 6.07) is 7.89. The standard InChI is InChI=1S/C15H17N3O2S/c1-17(7-8-19)15(20)13-9-11-10-5-3-4-6-12(10)16-14(11)21-18(13)2/h3-6,8,13,16H,7,9H2,1-2H3. The Labute approximate surface area is 127 Å². The molecule has 21 heavy (non-hydrogen) atoms. The Bertz CT molecular complexity index is 697. The van der Waals surface area contributed by atoms with Gasteiger partial charge < -0.3 is 14.7 Å². The minimum absolute atomic E-state index is 0.0203. The van der Waals surface area contributed by atoms with Gasteiger partial charge in [-0.2, -0.15) is 0 Å². The van der Waals surface area contributed by atoms with Gasteiger partial charge in [0.25, 0.3) is 0 Å². The predicted octanol–water partition coefficient (Wildman–Crippen LogP) is 1.69. The fourth-order valence-corrected chi connectivity index (χ4v) is 3.72. The minimum atomic E-state index is -0.244. The molecule has 0 spiro atoms. The summed E-state index contributed by atoms with van der Waals surface area (Å²) in [7, 11) is 3.58. The summed E-state index contributed by atoms with van der Waals surface area (Å²) in [4.78, 5) is 27.9. The SMILES string of the molecule is CN(CC=O)C(=O)C1Cc2c([nH]c3ccccc23)SN1C. The minimum Gasteiger partial charge on any atom is -0.348 e. The second kappa shape index (κ2) is 5.54. The summed E-state index contributed by atoms with van der Waals surface area (Å²) >= 11 is 1.55. The molecule has 5 nitrogen and oxygen atoms in total. The molecule has 1 atom stereocenters. The Morgan fingerprint density at radius 1 is 1.52 bits per heavy atom. The van der Waals surface area contributed by atoms with Gasteiger partial charge >= 0.3 is 0 Å². The van der Waals surface area contributed by atoms with Crippen LogP contribution in [-0.4, -0.2) is 53.1 Å². The number of likely N-dealkylation sites (N-methyl/N-ethyl adjacent to an activating group) is 2. The van der Waals surface area contributed by atoms with E-state index in [-0.39, 0.29) is 18.5 Å². The average molecular weight is 303 g/mol. The van der Waals surface area contributed by atoms with E-state index in [1.165, 1.54) is 15.8 Å². The number of para-hydroxylation sites is 1. The van der Waals surface area contributed by atoms with Crippen LogP contribution in [0.5, 0.6) is 0 Å². The number of H-pyrrole nitrogens is 1. The average Bonchev–Trinajstić information content (AvgIpc) is 2.83. The molecule has 0 bridgehead atoms. The number of amides is 1. The number of benzene rings is 1. The second-order valence-electron chi connectivity index (χ2n) is 5.22. The highest BCUT2D eigenvalue weighted by Crippen LogP contribution is 2.38. The van der Waals surface area contributed by atoms with Crippen LogP contribution in [0, 0.1) is 0 Å². The molecule has 110 valence electrons. The smallest absolute Gasteiger partial charge is 0.241 e. The van der Waals surface area contributed by atoms with Crippen molar-refractivity contribution in [1.82, 2.24) is 14.2 Å². The lowest BCUT2D eigenvalue weighted by Gasteiger charge is -2.32. The lowest BCUT2D eigenvalue weighted by atomic mass is 10.0. The summed E-state index contributed by atoms with van der Waals surface area (Å²) in [5.41, 5.74) is 2.28. The Hall–Kier alpha value is -1.79. The van der Waals surface area contributed by atoms with Crippen LogP contribution in [0.1, 0.15) is 5.56 Å². The van der Waals surface area contributed by atoms with Gasteiger partial charge in [0, 0.05) is 24.4 Å². The number of nitrogens with zero attached hydrogens (tertiary/aromatic N) is 2. The summed E-state index contributed by atoms with van der Waals surface area (Å²) in [5, 5.41) is 2.27. The van der Waals surface area contributed by atoms with Gasteiger partial charge in [-0.15, -0.1) is 0 Å². The van der Waals surface area contributed by atoms with Gasteiger partial charge in [0.05, 0.1) is 11.6 Å². The topological polar surface area (TPSA) is 56.4 Å². The van der Waals surface area contributed by atoms with Crippen molar-refractivity contribution in [2.45, 2.75) is 17.5 Å². The van der Waals surface area contributed by atoms with Gasteiger partial charge in [-0.1, -0.05) is 18.2 Å². The molecule has 2 heterocycles. The van der Waals surface area contributed by atoms with E-state index in [1.807, 2.05) is 29.6 Å². The van der Waals surface area contributed by atoms with Crippen molar-refractivity contribution in [2.75, 3.05) is 20.6 Å². The van der Waals surface area contributed by atoms with Gasteiger partial charge in [0.15, 0.2) is 0 Å². The maximum Gasteiger partial charge on any atom is 0.241 e. The van der Waals surface area contributed by atoms with Crippen LogP contribution in [-0.2, 0) is 16.0 Å². The highest BCUT2D eigenvalue weighted by Gasteiger charge is 2.33. The molecular weight excluding hydrogens is 286 g/mol. The maximum absolute atomic E-state index is 12.5. The molecule has 1 aliphatic rings. The molecule has 1 amide bonds. The van der Waals surface area contributed by atoms with Crippen LogP contribution in [0.2, 0.25) is 0 Å². The molecule has 1 N–H and O–H groups in total. The molecule has 0 saturated heterocycles. The van der Waals surface area contributed by atoms with Crippen molar-refractivity contribution in [2.24, 2.45) is 0 Å². The molecule has 2 aromatic rings. The fraction of sp³-hybridized carbons (Fsp3) is 0.333. The lowest BCUT2D eigenvalue weighted by molar-refractivity contribution is -0.135. The summed E-state index contributed by atoms with van der Waals surface area (Å²) in [5.74, 6) is -0.0203. The van der Waals surface area contributed by atoms with Gasteiger partial charge in [-0.3, -0.25) is 4.79 Å². The Balaban J connectivity index is 1.93. The number of nitrogens with one attached hydrogen (secondary N) is 1. The first-order chi connectivity index (χ1) is 10.1. The second-order valence-corrected chi connectivity index (χ2v) is 6.39. The van der Waals surface area contributed by atoms with Crippen LogP contribution in [0.25, 0.3) is 10.9 Å².